The molecule has 1 aliphatic heterocycles. The predicted molar refractivity (Wildman–Crippen MR) is 96.4 cm³/mol. The van der Waals surface area contributed by atoms with Crippen LogP contribution < -0.4 is 15.6 Å². The Kier molecular flexibility index (Phi) is 6.53. The first-order valence-corrected chi connectivity index (χ1v) is 8.25. The van der Waals surface area contributed by atoms with Gasteiger partial charge in [0.2, 0.25) is 5.69 Å². The Morgan fingerprint density at radius 2 is 2.08 bits per heavy atom. The van der Waals surface area contributed by atoms with Gasteiger partial charge in [-0.2, -0.15) is 10.4 Å². The van der Waals surface area contributed by atoms with Gasteiger partial charge < -0.3 is 10.1 Å². The van der Waals surface area contributed by atoms with E-state index in [1.807, 2.05) is 6.07 Å². The highest BCUT2D eigenvalue weighted by atomic mass is 79.9. The van der Waals surface area contributed by atoms with Crippen LogP contribution in [-0.2, 0) is 0 Å². The van der Waals surface area contributed by atoms with Crippen molar-refractivity contribution >= 4 is 28.3 Å². The van der Waals surface area contributed by atoms with Crippen LogP contribution in [-0.4, -0.2) is 29.4 Å². The third-order valence-corrected chi connectivity index (χ3v) is 4.47. The van der Waals surface area contributed by atoms with Gasteiger partial charge in [-0.25, -0.2) is 9.49 Å². The van der Waals surface area contributed by atoms with Gasteiger partial charge in [0.15, 0.2) is 5.75 Å². The van der Waals surface area contributed by atoms with Crippen LogP contribution in [0.25, 0.3) is 11.1 Å². The topological polar surface area (TPSA) is 90.8 Å². The molecule has 3 rings (SSSR count). The van der Waals surface area contributed by atoms with Crippen LogP contribution in [0, 0.1) is 17.1 Å². The number of nitrogens with one attached hydrogen (secondary N) is 2. The van der Waals surface area contributed by atoms with Crippen LogP contribution in [0.2, 0.25) is 0 Å². The molecule has 1 saturated heterocycles. The highest BCUT2D eigenvalue weighted by Gasteiger charge is 2.23. The van der Waals surface area contributed by atoms with E-state index in [2.05, 4.69) is 31.4 Å². The molecular weight excluding hydrogens is 415 g/mol. The van der Waals surface area contributed by atoms with E-state index >= 15 is 0 Å². The largest absolute Gasteiger partial charge is 0.486 e. The molecule has 0 bridgehead atoms. The summed E-state index contributed by atoms with van der Waals surface area (Å²) in [6.07, 6.45) is 1.39. The number of hydrogen-bond acceptors (Lipinski definition) is 5. The van der Waals surface area contributed by atoms with Crippen LogP contribution in [0.15, 0.2) is 27.5 Å². The molecule has 132 valence electrons. The maximum absolute atomic E-state index is 13.9. The number of aromatic amines is 1. The lowest BCUT2D eigenvalue weighted by atomic mass is 10.0. The fraction of sp³-hybridized carbons (Fsp3) is 0.312. The lowest BCUT2D eigenvalue weighted by Crippen LogP contribution is -2.34. The summed E-state index contributed by atoms with van der Waals surface area (Å²) in [6.45, 7) is 1.59. The maximum Gasteiger partial charge on any atom is 0.275 e. The number of benzene rings is 1. The zero-order valence-electron chi connectivity index (χ0n) is 13.0. The summed E-state index contributed by atoms with van der Waals surface area (Å²) in [5.74, 6) is -0.398. The van der Waals surface area contributed by atoms with Crippen molar-refractivity contribution in [1.29, 1.82) is 5.26 Å². The summed E-state index contributed by atoms with van der Waals surface area (Å²) in [4.78, 5) is 12.3. The third-order valence-electron chi connectivity index (χ3n) is 3.82. The first-order chi connectivity index (χ1) is 11.6. The Balaban J connectivity index is 0.00000225. The van der Waals surface area contributed by atoms with Crippen molar-refractivity contribution in [1.82, 2.24) is 15.5 Å². The van der Waals surface area contributed by atoms with Crippen molar-refractivity contribution in [3.05, 3.63) is 44.5 Å². The molecule has 0 aliphatic carbocycles. The highest BCUT2D eigenvalue weighted by molar-refractivity contribution is 9.10. The summed E-state index contributed by atoms with van der Waals surface area (Å²) in [5, 5.41) is 18.5. The van der Waals surface area contributed by atoms with Crippen molar-refractivity contribution in [2.24, 2.45) is 0 Å². The number of aromatic nitrogens is 2. The van der Waals surface area contributed by atoms with E-state index in [4.69, 9.17) is 4.74 Å². The van der Waals surface area contributed by atoms with Gasteiger partial charge in [-0.1, -0.05) is 6.07 Å². The first-order valence-electron chi connectivity index (χ1n) is 7.45. The molecule has 25 heavy (non-hydrogen) atoms. The molecule has 9 heteroatoms. The van der Waals surface area contributed by atoms with Crippen LogP contribution >= 0.6 is 28.3 Å². The smallest absolute Gasteiger partial charge is 0.275 e. The average molecular weight is 430 g/mol. The molecule has 1 fully saturated rings. The zero-order valence-corrected chi connectivity index (χ0v) is 15.4. The Labute approximate surface area is 157 Å². The van der Waals surface area contributed by atoms with Gasteiger partial charge in [-0.05, 0) is 59.6 Å². The van der Waals surface area contributed by atoms with Gasteiger partial charge in [0.1, 0.15) is 18.0 Å². The minimum Gasteiger partial charge on any atom is -0.486 e. The summed E-state index contributed by atoms with van der Waals surface area (Å²) in [6, 6.07) is 6.25. The van der Waals surface area contributed by atoms with Gasteiger partial charge >= 0.3 is 0 Å². The van der Waals surface area contributed by atoms with Crippen molar-refractivity contribution in [3.8, 4) is 22.9 Å². The fourth-order valence-corrected chi connectivity index (χ4v) is 2.87. The van der Waals surface area contributed by atoms with Crippen LogP contribution in [0.3, 0.4) is 0 Å². The summed E-state index contributed by atoms with van der Waals surface area (Å²) in [5.41, 5.74) is -0.0996. The fourth-order valence-electron chi connectivity index (χ4n) is 2.62. The van der Waals surface area contributed by atoms with Gasteiger partial charge in [-0.15, -0.1) is 12.4 Å². The van der Waals surface area contributed by atoms with E-state index in [0.717, 1.165) is 25.9 Å². The molecule has 2 N–H and O–H groups in total. The summed E-state index contributed by atoms with van der Waals surface area (Å²) in [7, 11) is 0. The first kappa shape index (κ1) is 19.4. The van der Waals surface area contributed by atoms with Crippen LogP contribution in [0.5, 0.6) is 5.75 Å². The summed E-state index contributed by atoms with van der Waals surface area (Å²) < 4.78 is 20.1. The lowest BCUT2D eigenvalue weighted by Gasteiger charge is -2.25. The van der Waals surface area contributed by atoms with Crippen molar-refractivity contribution in [3.63, 3.8) is 0 Å². The van der Waals surface area contributed by atoms with Crippen molar-refractivity contribution in [2.45, 2.75) is 18.9 Å². The van der Waals surface area contributed by atoms with Crippen molar-refractivity contribution < 1.29 is 9.13 Å². The monoisotopic (exact) mass is 428 g/mol. The van der Waals surface area contributed by atoms with Crippen LogP contribution in [0.4, 0.5) is 4.39 Å². The van der Waals surface area contributed by atoms with E-state index in [0.29, 0.717) is 5.56 Å². The molecule has 0 unspecified atom stereocenters. The molecule has 6 nitrogen and oxygen atoms in total. The summed E-state index contributed by atoms with van der Waals surface area (Å²) >= 11 is 3.08. The minimum atomic E-state index is -0.528. The molecular formula is C16H15BrClFN4O2. The average Bonchev–Trinajstić information content (AvgIpc) is 2.59. The Morgan fingerprint density at radius 1 is 1.36 bits per heavy atom. The molecule has 0 spiro atoms. The van der Waals surface area contributed by atoms with Gasteiger partial charge in [0.25, 0.3) is 5.56 Å². The second-order valence-electron chi connectivity index (χ2n) is 5.41. The second kappa shape index (κ2) is 8.43. The SMILES string of the molecule is Cl.N#Cc1n[nH]c(=O)c(-c2ccc(Br)c(F)c2)c1OC1CCNCC1. The number of halogens is 3. The van der Waals surface area contributed by atoms with E-state index in [1.165, 1.54) is 12.1 Å². The predicted octanol–water partition coefficient (Wildman–Crippen LogP) is 2.76. The Hall–Kier alpha value is -1.95. The van der Waals surface area contributed by atoms with Crippen LogP contribution in [0.1, 0.15) is 18.5 Å². The second-order valence-corrected chi connectivity index (χ2v) is 6.27. The van der Waals surface area contributed by atoms with Gasteiger partial charge in [0.05, 0.1) is 10.0 Å². The molecule has 1 aliphatic rings. The standard InChI is InChI=1S/C16H14BrFN4O2.ClH/c17-11-2-1-9(7-12(11)18)14-15(13(8-19)21-22-16(14)23)24-10-3-5-20-6-4-10;/h1-2,7,10,20H,3-6H2,(H,22,23);1H. The van der Waals surface area contributed by atoms with E-state index in [-0.39, 0.29) is 40.0 Å². The maximum atomic E-state index is 13.9. The molecule has 0 radical (unpaired) electrons. The highest BCUT2D eigenvalue weighted by Crippen LogP contribution is 2.32. The number of rotatable bonds is 3. The van der Waals surface area contributed by atoms with Crippen molar-refractivity contribution in [2.75, 3.05) is 13.1 Å². The molecule has 1 aromatic carbocycles. The minimum absolute atomic E-state index is 0. The quantitative estimate of drug-likeness (QED) is 0.783. The molecule has 0 atom stereocenters. The number of H-pyrrole nitrogens is 1. The normalized spacial score (nSPS) is 14.4. The molecule has 2 aromatic rings. The molecule has 0 amide bonds. The Morgan fingerprint density at radius 3 is 2.72 bits per heavy atom. The number of nitriles is 1. The molecule has 0 saturated carbocycles. The van der Waals surface area contributed by atoms with Gasteiger partial charge in [-0.3, -0.25) is 4.79 Å². The Bertz CT molecular complexity index is 862. The zero-order chi connectivity index (χ0) is 17.1. The van der Waals surface area contributed by atoms with E-state index in [9.17, 15) is 14.4 Å². The number of hydrogen-bond donors (Lipinski definition) is 2. The van der Waals surface area contributed by atoms with Gasteiger partial charge in [0, 0.05) is 0 Å². The number of nitrogens with zero attached hydrogens (tertiary/aromatic N) is 2. The number of piperidine rings is 1. The molecule has 1 aromatic heterocycles. The molecule has 2 heterocycles. The lowest BCUT2D eigenvalue weighted by molar-refractivity contribution is 0.161. The third kappa shape index (κ3) is 4.18. The number of ether oxygens (including phenoxy) is 1. The van der Waals surface area contributed by atoms with E-state index < -0.39 is 11.4 Å². The van der Waals surface area contributed by atoms with E-state index in [1.54, 1.807) is 6.07 Å².